The van der Waals surface area contributed by atoms with E-state index in [1.54, 1.807) is 0 Å². The Kier molecular flexibility index (Phi) is 13.1. The Labute approximate surface area is 191 Å². The number of benzene rings is 1. The smallest absolute Gasteiger partial charge is 0.313 e. The van der Waals surface area contributed by atoms with Gasteiger partial charge >= 0.3 is 11.9 Å². The van der Waals surface area contributed by atoms with Gasteiger partial charge in [-0.15, -0.1) is 13.2 Å². The number of carbonyl (C=O) groups excluding carboxylic acids is 2. The van der Waals surface area contributed by atoms with Crippen LogP contribution in [0.2, 0.25) is 0 Å². The second-order valence-corrected chi connectivity index (χ2v) is 7.54. The monoisotopic (exact) mass is 451 g/mol. The molecule has 1 aromatic carbocycles. The lowest BCUT2D eigenvalue weighted by atomic mass is 9.96. The molecule has 2 N–H and O–H groups in total. The van der Waals surface area contributed by atoms with Crippen molar-refractivity contribution in [1.82, 2.24) is 0 Å². The van der Waals surface area contributed by atoms with E-state index in [1.807, 2.05) is 45.0 Å². The molecule has 0 bridgehead atoms. The summed E-state index contributed by atoms with van der Waals surface area (Å²) in [6.45, 7) is 12.8. The zero-order valence-corrected chi connectivity index (χ0v) is 19.4. The van der Waals surface area contributed by atoms with Gasteiger partial charge in [0.15, 0.2) is 11.5 Å². The van der Waals surface area contributed by atoms with Crippen molar-refractivity contribution in [3.63, 3.8) is 0 Å². The topological polar surface area (TPSA) is 106 Å². The molecule has 180 valence electrons. The van der Waals surface area contributed by atoms with E-state index in [0.29, 0.717) is 44.2 Å². The van der Waals surface area contributed by atoms with Crippen LogP contribution in [0.3, 0.4) is 0 Å². The van der Waals surface area contributed by atoms with E-state index < -0.39 is 24.6 Å². The van der Waals surface area contributed by atoms with Gasteiger partial charge in [-0.2, -0.15) is 0 Å². The summed E-state index contributed by atoms with van der Waals surface area (Å²) in [4.78, 5) is 24.3. The van der Waals surface area contributed by atoms with E-state index in [4.69, 9.17) is 29.4 Å². The van der Waals surface area contributed by atoms with Crippen molar-refractivity contribution < 1.29 is 33.3 Å². The molecule has 1 fully saturated rings. The van der Waals surface area contributed by atoms with Gasteiger partial charge in [0.2, 0.25) is 6.79 Å². The highest BCUT2D eigenvalue weighted by Crippen LogP contribution is 2.28. The molecule has 2 rings (SSSR count). The first kappa shape index (κ1) is 27.5. The van der Waals surface area contributed by atoms with Crippen molar-refractivity contribution in [2.75, 3.05) is 33.2 Å². The third-order valence-electron chi connectivity index (χ3n) is 5.04. The van der Waals surface area contributed by atoms with Crippen LogP contribution in [0.25, 0.3) is 0 Å². The molecule has 3 atom stereocenters. The van der Waals surface area contributed by atoms with Gasteiger partial charge in [0.05, 0.1) is 24.5 Å². The lowest BCUT2D eigenvalue weighted by Crippen LogP contribution is -2.35. The molecule has 3 unspecified atom stereocenters. The van der Waals surface area contributed by atoms with Gasteiger partial charge in [-0.1, -0.05) is 26.0 Å². The summed E-state index contributed by atoms with van der Waals surface area (Å²) >= 11 is 0. The average Bonchev–Trinajstić information content (AvgIpc) is 2.80. The van der Waals surface area contributed by atoms with E-state index in [0.717, 1.165) is 0 Å². The van der Waals surface area contributed by atoms with Gasteiger partial charge in [0.25, 0.3) is 0 Å². The normalized spacial score (nSPS) is 18.7. The maximum atomic E-state index is 12.4. The second-order valence-electron chi connectivity index (χ2n) is 7.54. The predicted octanol–water partition coefficient (Wildman–Crippen LogP) is 3.34. The first-order valence-corrected chi connectivity index (χ1v) is 11.0. The Hall–Kier alpha value is -2.58. The summed E-state index contributed by atoms with van der Waals surface area (Å²) in [6.07, 6.45) is 0.785. The van der Waals surface area contributed by atoms with Crippen LogP contribution in [0, 0.1) is 17.8 Å². The summed E-state index contributed by atoms with van der Waals surface area (Å²) in [5.41, 5.74) is 5.59. The van der Waals surface area contributed by atoms with Crippen LogP contribution in [-0.4, -0.2) is 51.2 Å². The molecule has 0 aromatic heterocycles. The van der Waals surface area contributed by atoms with Gasteiger partial charge in [-0.25, -0.2) is 0 Å². The molecule has 1 saturated heterocycles. The Morgan fingerprint density at radius 1 is 1.16 bits per heavy atom. The Morgan fingerprint density at radius 3 is 2.41 bits per heavy atom. The number of hydrogen-bond acceptors (Lipinski definition) is 8. The molecule has 0 radical (unpaired) electrons. The molecule has 32 heavy (non-hydrogen) atoms. The van der Waals surface area contributed by atoms with Gasteiger partial charge in [0.1, 0.15) is 6.61 Å². The number of rotatable bonds is 11. The largest absolute Gasteiger partial charge is 0.490 e. The summed E-state index contributed by atoms with van der Waals surface area (Å²) < 4.78 is 27.3. The average molecular weight is 452 g/mol. The number of nitrogens with two attached hydrogens (primary N) is 1. The van der Waals surface area contributed by atoms with Crippen LogP contribution < -0.4 is 15.2 Å². The standard InChI is InChI=1S/C22H33NO7.C2H4/c1-4-26-19-7-5-6-8-20(19)28-13-17-11-16(9-10-27-17)21(24)29-14-30-22(25)18(12-23)15(2)3;1-2/h5-8,15-18H,4,9-14,23H2,1-3H3;1-2H2. The first-order chi connectivity index (χ1) is 15.5. The highest BCUT2D eigenvalue weighted by Gasteiger charge is 2.30. The van der Waals surface area contributed by atoms with Crippen molar-refractivity contribution >= 4 is 11.9 Å². The molecular weight excluding hydrogens is 414 g/mol. The van der Waals surface area contributed by atoms with Crippen LogP contribution in [0.5, 0.6) is 11.5 Å². The number of esters is 2. The van der Waals surface area contributed by atoms with Gasteiger partial charge in [0, 0.05) is 13.2 Å². The fourth-order valence-electron chi connectivity index (χ4n) is 3.25. The lowest BCUT2D eigenvalue weighted by Gasteiger charge is -2.28. The third kappa shape index (κ3) is 8.88. The second kappa shape index (κ2) is 15.3. The zero-order valence-electron chi connectivity index (χ0n) is 19.4. The molecule has 0 spiro atoms. The predicted molar refractivity (Wildman–Crippen MR) is 121 cm³/mol. The van der Waals surface area contributed by atoms with Crippen LogP contribution in [0.4, 0.5) is 0 Å². The minimum absolute atomic E-state index is 0.0577. The van der Waals surface area contributed by atoms with Gasteiger partial charge in [-0.3, -0.25) is 9.59 Å². The van der Waals surface area contributed by atoms with E-state index in [2.05, 4.69) is 13.2 Å². The van der Waals surface area contributed by atoms with E-state index >= 15 is 0 Å². The SMILES string of the molecule is C=C.CCOc1ccccc1OCC1CC(C(=O)OCOC(=O)C(CN)C(C)C)CCO1. The Bertz CT molecular complexity index is 695. The minimum atomic E-state index is -0.452. The highest BCUT2D eigenvalue weighted by molar-refractivity contribution is 5.74. The van der Waals surface area contributed by atoms with Crippen molar-refractivity contribution in [1.29, 1.82) is 0 Å². The van der Waals surface area contributed by atoms with Crippen LogP contribution in [0.1, 0.15) is 33.6 Å². The molecule has 0 saturated carbocycles. The quantitative estimate of drug-likeness (QED) is 0.310. The van der Waals surface area contributed by atoms with Crippen LogP contribution >= 0.6 is 0 Å². The first-order valence-electron chi connectivity index (χ1n) is 11.0. The van der Waals surface area contributed by atoms with Crippen molar-refractivity contribution in [3.8, 4) is 11.5 Å². The zero-order chi connectivity index (χ0) is 23.9. The van der Waals surface area contributed by atoms with E-state index in [1.165, 1.54) is 0 Å². The Balaban J connectivity index is 0.00000249. The molecule has 8 nitrogen and oxygen atoms in total. The number of para-hydroxylation sites is 2. The number of ether oxygens (including phenoxy) is 5. The van der Waals surface area contributed by atoms with Crippen molar-refractivity contribution in [2.24, 2.45) is 23.5 Å². The van der Waals surface area contributed by atoms with E-state index in [-0.39, 0.29) is 24.5 Å². The Morgan fingerprint density at radius 2 is 1.81 bits per heavy atom. The third-order valence-corrected chi connectivity index (χ3v) is 5.04. The fraction of sp³-hybridized carbons (Fsp3) is 0.583. The van der Waals surface area contributed by atoms with E-state index in [9.17, 15) is 9.59 Å². The van der Waals surface area contributed by atoms with Crippen molar-refractivity contribution in [3.05, 3.63) is 37.4 Å². The van der Waals surface area contributed by atoms with Gasteiger partial charge < -0.3 is 29.4 Å². The fourth-order valence-corrected chi connectivity index (χ4v) is 3.25. The summed E-state index contributed by atoms with van der Waals surface area (Å²) in [7, 11) is 0. The van der Waals surface area contributed by atoms with Crippen LogP contribution in [-0.2, 0) is 23.8 Å². The lowest BCUT2D eigenvalue weighted by molar-refractivity contribution is -0.176. The maximum Gasteiger partial charge on any atom is 0.313 e. The summed E-state index contributed by atoms with van der Waals surface area (Å²) in [6, 6.07) is 7.43. The van der Waals surface area contributed by atoms with Crippen LogP contribution in [0.15, 0.2) is 37.4 Å². The maximum absolute atomic E-state index is 12.4. The molecule has 0 aliphatic carbocycles. The number of hydrogen-bond donors (Lipinski definition) is 1. The molecule has 1 heterocycles. The summed E-state index contributed by atoms with van der Waals surface area (Å²) in [5.74, 6) is -0.227. The molecule has 1 aliphatic rings. The van der Waals surface area contributed by atoms with Gasteiger partial charge in [-0.05, 0) is 37.8 Å². The highest BCUT2D eigenvalue weighted by atomic mass is 16.7. The molecule has 1 aromatic rings. The molecule has 0 amide bonds. The summed E-state index contributed by atoms with van der Waals surface area (Å²) in [5, 5.41) is 0. The molecular formula is C24H37NO7. The van der Waals surface area contributed by atoms with Crippen molar-refractivity contribution in [2.45, 2.75) is 39.7 Å². The number of carbonyl (C=O) groups is 2. The minimum Gasteiger partial charge on any atom is -0.490 e. The molecule has 1 aliphatic heterocycles. The molecule has 8 heteroatoms.